The van der Waals surface area contributed by atoms with Gasteiger partial charge in [0, 0.05) is 5.92 Å². The fraction of sp³-hybridized carbons (Fsp3) is 0.733. The molecule has 0 bridgehead atoms. The maximum Gasteiger partial charge on any atom is 0.00159 e. The van der Waals surface area contributed by atoms with Gasteiger partial charge in [-0.05, 0) is 50.7 Å². The van der Waals surface area contributed by atoms with Gasteiger partial charge in [-0.2, -0.15) is 0 Å². The largest absolute Gasteiger partial charge is 0.0651 e. The van der Waals surface area contributed by atoms with Crippen LogP contribution in [0.15, 0.2) is 22.3 Å². The van der Waals surface area contributed by atoms with Crippen molar-refractivity contribution in [3.63, 3.8) is 0 Å². The molecule has 0 spiro atoms. The quantitative estimate of drug-likeness (QED) is 0.593. The molecule has 0 saturated heterocycles. The SMILES string of the molecule is CCCC1=C2CCCCCC2C(C)=C1C. The Morgan fingerprint density at radius 3 is 2.67 bits per heavy atom. The van der Waals surface area contributed by atoms with E-state index in [1.165, 1.54) is 44.9 Å². The molecule has 15 heavy (non-hydrogen) atoms. The molecule has 0 nitrogen and oxygen atoms in total. The highest BCUT2D eigenvalue weighted by atomic mass is 14.3. The lowest BCUT2D eigenvalue weighted by Gasteiger charge is -2.14. The average Bonchev–Trinajstić information content (AvgIpc) is 2.47. The van der Waals surface area contributed by atoms with Crippen molar-refractivity contribution >= 4 is 0 Å². The Hall–Kier alpha value is -0.520. The lowest BCUT2D eigenvalue weighted by Crippen LogP contribution is -2.00. The molecule has 0 amide bonds. The van der Waals surface area contributed by atoms with Crippen LogP contribution in [0.3, 0.4) is 0 Å². The van der Waals surface area contributed by atoms with E-state index in [0.29, 0.717) is 0 Å². The first-order valence-corrected chi connectivity index (χ1v) is 6.65. The molecule has 0 radical (unpaired) electrons. The molecule has 0 aliphatic heterocycles. The van der Waals surface area contributed by atoms with E-state index >= 15 is 0 Å². The molecule has 0 aromatic rings. The van der Waals surface area contributed by atoms with Gasteiger partial charge < -0.3 is 0 Å². The Balaban J connectivity index is 2.31. The molecule has 2 aliphatic carbocycles. The molecule has 0 heteroatoms. The molecule has 0 aromatic heterocycles. The van der Waals surface area contributed by atoms with Gasteiger partial charge in [0.15, 0.2) is 0 Å². The van der Waals surface area contributed by atoms with E-state index in [4.69, 9.17) is 0 Å². The summed E-state index contributed by atoms with van der Waals surface area (Å²) in [5, 5.41) is 0. The number of hydrogen-bond donors (Lipinski definition) is 0. The minimum Gasteiger partial charge on any atom is -0.0651 e. The molecule has 1 saturated carbocycles. The van der Waals surface area contributed by atoms with Gasteiger partial charge in [-0.3, -0.25) is 0 Å². The van der Waals surface area contributed by atoms with Crippen LogP contribution in [0.4, 0.5) is 0 Å². The lowest BCUT2D eigenvalue weighted by molar-refractivity contribution is 0.621. The first kappa shape index (κ1) is 11.0. The van der Waals surface area contributed by atoms with Gasteiger partial charge in [0.25, 0.3) is 0 Å². The third-order valence-electron chi connectivity index (χ3n) is 4.31. The zero-order valence-electron chi connectivity index (χ0n) is 10.5. The van der Waals surface area contributed by atoms with Gasteiger partial charge in [0.1, 0.15) is 0 Å². The van der Waals surface area contributed by atoms with Gasteiger partial charge in [-0.1, -0.05) is 37.3 Å². The van der Waals surface area contributed by atoms with Gasteiger partial charge >= 0.3 is 0 Å². The van der Waals surface area contributed by atoms with Gasteiger partial charge in [-0.15, -0.1) is 0 Å². The van der Waals surface area contributed by atoms with Crippen LogP contribution in [0.2, 0.25) is 0 Å². The van der Waals surface area contributed by atoms with Gasteiger partial charge in [-0.25, -0.2) is 0 Å². The van der Waals surface area contributed by atoms with Crippen LogP contribution in [0, 0.1) is 5.92 Å². The molecule has 2 aliphatic rings. The standard InChI is InChI=1S/C15H24/c1-4-8-13-11(2)12(3)14-9-6-5-7-10-15(13)14/h14H,4-10H2,1-3H3. The van der Waals surface area contributed by atoms with E-state index < -0.39 is 0 Å². The van der Waals surface area contributed by atoms with Crippen LogP contribution in [0.5, 0.6) is 0 Å². The number of hydrogen-bond acceptors (Lipinski definition) is 0. The Morgan fingerprint density at radius 1 is 1.13 bits per heavy atom. The minimum atomic E-state index is 0.842. The molecule has 1 atom stereocenters. The van der Waals surface area contributed by atoms with Crippen LogP contribution in [-0.4, -0.2) is 0 Å². The topological polar surface area (TPSA) is 0 Å². The molecule has 0 aromatic carbocycles. The summed E-state index contributed by atoms with van der Waals surface area (Å²) in [7, 11) is 0. The second-order valence-corrected chi connectivity index (χ2v) is 5.21. The van der Waals surface area contributed by atoms with Crippen molar-refractivity contribution in [3.05, 3.63) is 22.3 Å². The van der Waals surface area contributed by atoms with Crippen molar-refractivity contribution in [1.29, 1.82) is 0 Å². The highest BCUT2D eigenvalue weighted by Crippen LogP contribution is 2.45. The molecular formula is C15H24. The van der Waals surface area contributed by atoms with E-state index in [9.17, 15) is 0 Å². The molecule has 1 unspecified atom stereocenters. The highest BCUT2D eigenvalue weighted by molar-refractivity contribution is 5.48. The molecular weight excluding hydrogens is 180 g/mol. The summed E-state index contributed by atoms with van der Waals surface area (Å²) in [5.74, 6) is 0.842. The van der Waals surface area contributed by atoms with Crippen LogP contribution >= 0.6 is 0 Å². The normalized spacial score (nSPS) is 27.0. The maximum absolute atomic E-state index is 2.37. The first-order chi connectivity index (χ1) is 7.25. The molecule has 1 fully saturated rings. The Bertz CT molecular complexity index is 304. The van der Waals surface area contributed by atoms with E-state index in [1.807, 2.05) is 5.57 Å². The van der Waals surface area contributed by atoms with Crippen molar-refractivity contribution in [3.8, 4) is 0 Å². The fourth-order valence-corrected chi connectivity index (χ4v) is 3.37. The fourth-order valence-electron chi connectivity index (χ4n) is 3.37. The van der Waals surface area contributed by atoms with Gasteiger partial charge in [0.2, 0.25) is 0 Å². The third kappa shape index (κ3) is 1.91. The Kier molecular flexibility index (Phi) is 3.33. The molecule has 0 heterocycles. The second kappa shape index (κ2) is 4.55. The lowest BCUT2D eigenvalue weighted by atomic mass is 9.91. The van der Waals surface area contributed by atoms with Crippen LogP contribution in [-0.2, 0) is 0 Å². The average molecular weight is 204 g/mol. The first-order valence-electron chi connectivity index (χ1n) is 6.65. The smallest absolute Gasteiger partial charge is 0.00159 e. The predicted molar refractivity (Wildman–Crippen MR) is 66.9 cm³/mol. The second-order valence-electron chi connectivity index (χ2n) is 5.21. The Labute approximate surface area is 94.5 Å². The summed E-state index contributed by atoms with van der Waals surface area (Å²) >= 11 is 0. The molecule has 84 valence electrons. The predicted octanol–water partition coefficient (Wildman–Crippen LogP) is 5.01. The minimum absolute atomic E-state index is 0.842. The summed E-state index contributed by atoms with van der Waals surface area (Å²) in [6.45, 7) is 7.02. The van der Waals surface area contributed by atoms with Crippen molar-refractivity contribution < 1.29 is 0 Å². The van der Waals surface area contributed by atoms with Crippen molar-refractivity contribution in [2.75, 3.05) is 0 Å². The third-order valence-corrected chi connectivity index (χ3v) is 4.31. The van der Waals surface area contributed by atoms with E-state index in [1.54, 1.807) is 16.7 Å². The zero-order chi connectivity index (χ0) is 10.8. The summed E-state index contributed by atoms with van der Waals surface area (Å²) in [6.07, 6.45) is 9.75. The zero-order valence-corrected chi connectivity index (χ0v) is 10.5. The summed E-state index contributed by atoms with van der Waals surface area (Å²) in [5.41, 5.74) is 6.89. The maximum atomic E-state index is 2.37. The van der Waals surface area contributed by atoms with Crippen LogP contribution in [0.25, 0.3) is 0 Å². The van der Waals surface area contributed by atoms with Crippen molar-refractivity contribution in [1.82, 2.24) is 0 Å². The summed E-state index contributed by atoms with van der Waals surface area (Å²) in [6, 6.07) is 0. The molecule has 2 rings (SSSR count). The van der Waals surface area contributed by atoms with E-state index in [-0.39, 0.29) is 0 Å². The summed E-state index contributed by atoms with van der Waals surface area (Å²) < 4.78 is 0. The van der Waals surface area contributed by atoms with Crippen LogP contribution in [0.1, 0.15) is 65.7 Å². The van der Waals surface area contributed by atoms with E-state index in [2.05, 4.69) is 20.8 Å². The molecule has 0 N–H and O–H groups in total. The summed E-state index contributed by atoms with van der Waals surface area (Å²) in [4.78, 5) is 0. The number of allylic oxidation sites excluding steroid dienone is 4. The van der Waals surface area contributed by atoms with Crippen molar-refractivity contribution in [2.45, 2.75) is 65.7 Å². The number of fused-ring (bicyclic) bond motifs is 1. The number of rotatable bonds is 2. The van der Waals surface area contributed by atoms with Gasteiger partial charge in [0.05, 0.1) is 0 Å². The van der Waals surface area contributed by atoms with Crippen LogP contribution < -0.4 is 0 Å². The Morgan fingerprint density at radius 2 is 1.93 bits per heavy atom. The van der Waals surface area contributed by atoms with E-state index in [0.717, 1.165) is 5.92 Å². The monoisotopic (exact) mass is 204 g/mol. The van der Waals surface area contributed by atoms with Crippen molar-refractivity contribution in [2.24, 2.45) is 5.92 Å². The highest BCUT2D eigenvalue weighted by Gasteiger charge is 2.29.